The lowest BCUT2D eigenvalue weighted by atomic mass is 10.1. The average molecular weight is 520 g/mol. The van der Waals surface area contributed by atoms with E-state index < -0.39 is 29.7 Å². The Hall–Kier alpha value is -4.33. The fourth-order valence-corrected chi connectivity index (χ4v) is 3.57. The van der Waals surface area contributed by atoms with Crippen molar-refractivity contribution in [1.82, 2.24) is 5.32 Å². The summed E-state index contributed by atoms with van der Waals surface area (Å²) in [4.78, 5) is 37.0. The largest absolute Gasteiger partial charge is 0.485 e. The van der Waals surface area contributed by atoms with E-state index >= 15 is 0 Å². The smallest absolute Gasteiger partial charge is 0.408 e. The highest BCUT2D eigenvalue weighted by molar-refractivity contribution is 5.83. The maximum Gasteiger partial charge on any atom is 0.408 e. The minimum atomic E-state index is -1.04. The number of ether oxygens (including phenoxy) is 3. The van der Waals surface area contributed by atoms with Crippen LogP contribution in [0.1, 0.15) is 43.9 Å². The van der Waals surface area contributed by atoms with E-state index in [1.54, 1.807) is 39.0 Å². The van der Waals surface area contributed by atoms with Crippen molar-refractivity contribution in [2.75, 3.05) is 0 Å². The molecule has 1 atom stereocenters. The minimum absolute atomic E-state index is 0.0750. The van der Waals surface area contributed by atoms with Crippen LogP contribution in [0.4, 0.5) is 4.79 Å². The first-order valence-corrected chi connectivity index (χ1v) is 12.4. The van der Waals surface area contributed by atoms with Crippen LogP contribution in [0.15, 0.2) is 78.9 Å². The van der Waals surface area contributed by atoms with Gasteiger partial charge in [0, 0.05) is 12.8 Å². The zero-order chi connectivity index (χ0) is 27.5. The number of carbonyl (C=O) groups is 3. The Morgan fingerprint density at radius 1 is 0.842 bits per heavy atom. The van der Waals surface area contributed by atoms with Gasteiger partial charge in [0.15, 0.2) is 11.5 Å². The van der Waals surface area contributed by atoms with Crippen molar-refractivity contribution in [2.45, 2.75) is 58.3 Å². The summed E-state index contributed by atoms with van der Waals surface area (Å²) in [6.07, 6.45) is -0.388. The molecule has 0 saturated carbocycles. The number of carboxylic acid groups (broad SMARTS) is 1. The number of rotatable bonds is 11. The van der Waals surface area contributed by atoms with Gasteiger partial charge in [-0.25, -0.2) is 9.59 Å². The third-order valence-electron chi connectivity index (χ3n) is 5.34. The second-order valence-corrected chi connectivity index (χ2v) is 9.76. The van der Waals surface area contributed by atoms with Crippen LogP contribution >= 0.6 is 0 Å². The van der Waals surface area contributed by atoms with Gasteiger partial charge in [0.2, 0.25) is 0 Å². The number of hydrogen-bond donors (Lipinski definition) is 2. The number of carboxylic acids is 1. The molecule has 1 amide bonds. The molecule has 0 radical (unpaired) electrons. The molecule has 0 unspecified atom stereocenters. The molecule has 3 aromatic carbocycles. The summed E-state index contributed by atoms with van der Waals surface area (Å²) in [7, 11) is 0. The molecule has 8 heteroatoms. The van der Waals surface area contributed by atoms with Gasteiger partial charge in [0.05, 0.1) is 0 Å². The van der Waals surface area contributed by atoms with E-state index in [0.717, 1.165) is 11.1 Å². The summed E-state index contributed by atoms with van der Waals surface area (Å²) in [6, 6.07) is 22.7. The summed E-state index contributed by atoms with van der Waals surface area (Å²) in [6.45, 7) is 5.44. The van der Waals surface area contributed by atoms with Gasteiger partial charge in [-0.3, -0.25) is 4.79 Å². The third-order valence-corrected chi connectivity index (χ3v) is 5.34. The van der Waals surface area contributed by atoms with E-state index in [1.165, 1.54) is 0 Å². The summed E-state index contributed by atoms with van der Waals surface area (Å²) < 4.78 is 17.1. The Morgan fingerprint density at radius 3 is 2.08 bits per heavy atom. The molecule has 0 bridgehead atoms. The Morgan fingerprint density at radius 2 is 1.47 bits per heavy atom. The third kappa shape index (κ3) is 9.61. The maximum atomic E-state index is 13.4. The number of esters is 1. The maximum absolute atomic E-state index is 13.4. The highest BCUT2D eigenvalue weighted by Crippen LogP contribution is 2.30. The van der Waals surface area contributed by atoms with Crippen molar-refractivity contribution in [3.05, 3.63) is 95.6 Å². The van der Waals surface area contributed by atoms with E-state index in [9.17, 15) is 14.4 Å². The van der Waals surface area contributed by atoms with E-state index in [-0.39, 0.29) is 31.6 Å². The Kier molecular flexibility index (Phi) is 9.87. The molecule has 2 N–H and O–H groups in total. The fourth-order valence-electron chi connectivity index (χ4n) is 3.57. The van der Waals surface area contributed by atoms with Crippen LogP contribution in [-0.2, 0) is 33.8 Å². The SMILES string of the molecule is CC(C)(C)OC(=O)N[C@@H](Cc1ccccc1)C(=O)Oc1cc(CCC(=O)O)ccc1OCc1ccccc1. The van der Waals surface area contributed by atoms with Crippen LogP contribution in [0.25, 0.3) is 0 Å². The topological polar surface area (TPSA) is 111 Å². The molecule has 0 fully saturated rings. The molecule has 0 aromatic heterocycles. The van der Waals surface area contributed by atoms with Gasteiger partial charge in [0.1, 0.15) is 18.2 Å². The number of hydrogen-bond acceptors (Lipinski definition) is 6. The van der Waals surface area contributed by atoms with Gasteiger partial charge < -0.3 is 24.6 Å². The lowest BCUT2D eigenvalue weighted by Crippen LogP contribution is -2.46. The molecule has 0 heterocycles. The highest BCUT2D eigenvalue weighted by atomic mass is 16.6. The first-order valence-electron chi connectivity index (χ1n) is 12.4. The van der Waals surface area contributed by atoms with Crippen molar-refractivity contribution in [3.63, 3.8) is 0 Å². The summed E-state index contributed by atoms with van der Waals surface area (Å²) in [5.41, 5.74) is 1.67. The van der Waals surface area contributed by atoms with Gasteiger partial charge in [-0.1, -0.05) is 66.7 Å². The molecule has 3 aromatic rings. The molecule has 0 saturated heterocycles. The number of amides is 1. The Balaban J connectivity index is 1.84. The molecule has 38 heavy (non-hydrogen) atoms. The molecule has 3 rings (SSSR count). The highest BCUT2D eigenvalue weighted by Gasteiger charge is 2.27. The quantitative estimate of drug-likeness (QED) is 0.260. The Labute approximate surface area is 222 Å². The van der Waals surface area contributed by atoms with Gasteiger partial charge in [-0.2, -0.15) is 0 Å². The fraction of sp³-hybridized carbons (Fsp3) is 0.300. The molecule has 0 spiro atoms. The molecular weight excluding hydrogens is 486 g/mol. The normalized spacial score (nSPS) is 11.8. The second-order valence-electron chi connectivity index (χ2n) is 9.76. The average Bonchev–Trinajstić information content (AvgIpc) is 2.86. The predicted molar refractivity (Wildman–Crippen MR) is 142 cm³/mol. The molecule has 0 aliphatic rings. The van der Waals surface area contributed by atoms with Crippen molar-refractivity contribution in [1.29, 1.82) is 0 Å². The molecule has 0 aliphatic carbocycles. The summed E-state index contributed by atoms with van der Waals surface area (Å²) in [5.74, 6) is -1.19. The lowest BCUT2D eigenvalue weighted by Gasteiger charge is -2.23. The molecular formula is C30H33NO7. The van der Waals surface area contributed by atoms with E-state index in [2.05, 4.69) is 5.32 Å². The number of alkyl carbamates (subject to hydrolysis) is 1. The van der Waals surface area contributed by atoms with Crippen LogP contribution in [0.2, 0.25) is 0 Å². The number of carbonyl (C=O) groups excluding carboxylic acids is 2. The monoisotopic (exact) mass is 519 g/mol. The predicted octanol–water partition coefficient (Wildman–Crippen LogP) is 5.32. The summed E-state index contributed by atoms with van der Waals surface area (Å²) in [5, 5.41) is 11.7. The van der Waals surface area contributed by atoms with Crippen LogP contribution in [0.3, 0.4) is 0 Å². The molecule has 8 nitrogen and oxygen atoms in total. The van der Waals surface area contributed by atoms with Gasteiger partial charge in [0.25, 0.3) is 0 Å². The number of aliphatic carboxylic acids is 1. The van der Waals surface area contributed by atoms with E-state index in [1.807, 2.05) is 60.7 Å². The van der Waals surface area contributed by atoms with Crippen LogP contribution in [0, 0.1) is 0 Å². The first kappa shape index (κ1) is 28.2. The minimum Gasteiger partial charge on any atom is -0.485 e. The number of benzene rings is 3. The van der Waals surface area contributed by atoms with Gasteiger partial charge in [-0.05, 0) is 56.0 Å². The second kappa shape index (κ2) is 13.3. The zero-order valence-electron chi connectivity index (χ0n) is 21.8. The van der Waals surface area contributed by atoms with Crippen molar-refractivity contribution in [2.24, 2.45) is 0 Å². The van der Waals surface area contributed by atoms with Gasteiger partial charge in [-0.15, -0.1) is 0 Å². The van der Waals surface area contributed by atoms with Crippen molar-refractivity contribution >= 4 is 18.0 Å². The zero-order valence-corrected chi connectivity index (χ0v) is 21.8. The standard InChI is InChI=1S/C30H33NO7/c1-30(2,3)38-29(35)31-24(18-21-10-6-4-7-11-21)28(34)37-26-19-22(15-17-27(32)33)14-16-25(26)36-20-23-12-8-5-9-13-23/h4-14,16,19,24H,15,17-18,20H2,1-3H3,(H,31,35)(H,32,33)/t24-/m0/s1. The molecule has 200 valence electrons. The van der Waals surface area contributed by atoms with E-state index in [0.29, 0.717) is 11.3 Å². The first-order chi connectivity index (χ1) is 18.1. The van der Waals surface area contributed by atoms with Gasteiger partial charge >= 0.3 is 18.0 Å². The van der Waals surface area contributed by atoms with Crippen LogP contribution < -0.4 is 14.8 Å². The lowest BCUT2D eigenvalue weighted by molar-refractivity contribution is -0.137. The van der Waals surface area contributed by atoms with E-state index in [4.69, 9.17) is 19.3 Å². The number of nitrogens with one attached hydrogen (secondary N) is 1. The van der Waals surface area contributed by atoms with Crippen molar-refractivity contribution in [3.8, 4) is 11.5 Å². The Bertz CT molecular complexity index is 1220. The van der Waals surface area contributed by atoms with Crippen molar-refractivity contribution < 1.29 is 33.7 Å². The van der Waals surface area contributed by atoms with Crippen LogP contribution in [-0.4, -0.2) is 34.8 Å². The molecule has 0 aliphatic heterocycles. The summed E-state index contributed by atoms with van der Waals surface area (Å²) >= 11 is 0. The number of aryl methyl sites for hydroxylation is 1. The van der Waals surface area contributed by atoms with Crippen LogP contribution in [0.5, 0.6) is 11.5 Å².